The summed E-state index contributed by atoms with van der Waals surface area (Å²) in [5.74, 6) is 0.686. The number of aryl methyl sites for hydroxylation is 2. The normalized spacial score (nSPS) is 15.2. The van der Waals surface area contributed by atoms with Gasteiger partial charge in [0, 0.05) is 24.3 Å². The first kappa shape index (κ1) is 21.6. The van der Waals surface area contributed by atoms with Gasteiger partial charge in [0.1, 0.15) is 29.5 Å². The number of carbonyl (C=O) groups is 1. The van der Waals surface area contributed by atoms with Crippen LogP contribution in [-0.4, -0.2) is 51.0 Å². The lowest BCUT2D eigenvalue weighted by molar-refractivity contribution is 0.0732. The molecule has 1 aliphatic heterocycles. The average Bonchev–Trinajstić information content (AvgIpc) is 3.32. The van der Waals surface area contributed by atoms with Crippen LogP contribution in [0.5, 0.6) is 11.5 Å². The van der Waals surface area contributed by atoms with E-state index in [1.54, 1.807) is 11.0 Å². The number of fused-ring (bicyclic) bond motifs is 1. The van der Waals surface area contributed by atoms with Gasteiger partial charge in [-0.2, -0.15) is 5.10 Å². The highest BCUT2D eigenvalue weighted by atomic mass is 16.5. The van der Waals surface area contributed by atoms with Crippen LogP contribution in [0.1, 0.15) is 45.2 Å². The monoisotopic (exact) mass is 433 g/mol. The first-order valence-corrected chi connectivity index (χ1v) is 10.6. The summed E-state index contributed by atoms with van der Waals surface area (Å²) >= 11 is 0. The Morgan fingerprint density at radius 3 is 2.69 bits per heavy atom. The topological polar surface area (TPSA) is 98.7 Å². The zero-order chi connectivity index (χ0) is 22.8. The Balaban J connectivity index is 1.83. The summed E-state index contributed by atoms with van der Waals surface area (Å²) in [5.41, 5.74) is 4.93. The number of aromatic nitrogens is 2. The molecule has 0 radical (unpaired) electrons. The van der Waals surface area contributed by atoms with Crippen molar-refractivity contribution in [1.82, 2.24) is 15.1 Å². The van der Waals surface area contributed by atoms with Gasteiger partial charge in [-0.25, -0.2) is 0 Å². The highest BCUT2D eigenvalue weighted by Gasteiger charge is 2.42. The van der Waals surface area contributed by atoms with Gasteiger partial charge in [-0.1, -0.05) is 30.9 Å². The third-order valence-electron chi connectivity index (χ3n) is 5.68. The molecule has 3 aromatic rings. The summed E-state index contributed by atoms with van der Waals surface area (Å²) < 4.78 is 5.59. The van der Waals surface area contributed by atoms with E-state index >= 15 is 0 Å². The van der Waals surface area contributed by atoms with Gasteiger partial charge in [0.05, 0.1) is 6.04 Å². The lowest BCUT2D eigenvalue weighted by Crippen LogP contribution is -2.31. The average molecular weight is 434 g/mol. The summed E-state index contributed by atoms with van der Waals surface area (Å²) in [6, 6.07) is 11.0. The fourth-order valence-electron chi connectivity index (χ4n) is 4.26. The Hall–Kier alpha value is -3.58. The van der Waals surface area contributed by atoms with Crippen molar-refractivity contribution < 1.29 is 19.7 Å². The van der Waals surface area contributed by atoms with Crippen molar-refractivity contribution in [2.45, 2.75) is 26.3 Å². The molecule has 2 aromatic carbocycles. The largest absolute Gasteiger partial charge is 0.507 e. The number of phenolic OH excluding ortho intramolecular Hbond substituents is 1. The maximum Gasteiger partial charge on any atom is 0.273 e. The van der Waals surface area contributed by atoms with E-state index in [9.17, 15) is 15.0 Å². The number of aromatic hydroxyl groups is 1. The minimum atomic E-state index is -0.397. The predicted octanol–water partition coefficient (Wildman–Crippen LogP) is 3.89. The number of aromatic amines is 1. The van der Waals surface area contributed by atoms with Crippen molar-refractivity contribution in [3.63, 3.8) is 0 Å². The van der Waals surface area contributed by atoms with Crippen molar-refractivity contribution >= 4 is 5.91 Å². The summed E-state index contributed by atoms with van der Waals surface area (Å²) in [5, 5.41) is 27.5. The third kappa shape index (κ3) is 3.76. The number of amides is 1. The van der Waals surface area contributed by atoms with Gasteiger partial charge >= 0.3 is 0 Å². The standard InChI is InChI=1S/C25H27N3O4/c1-4-12-32-18-8-6-17(7-9-18)23-20-21(19-14-15(2)13-16(3)24(19)30)26-27-22(20)25(31)28(23)10-5-11-29/h4,6-9,13-14,23,29-30H,1,5,10-12H2,2-3H3,(H,26,27). The minimum Gasteiger partial charge on any atom is -0.507 e. The zero-order valence-corrected chi connectivity index (χ0v) is 18.3. The van der Waals surface area contributed by atoms with Gasteiger partial charge in [0.25, 0.3) is 5.91 Å². The molecule has 0 aliphatic carbocycles. The highest BCUT2D eigenvalue weighted by Crippen LogP contribution is 2.45. The van der Waals surface area contributed by atoms with Crippen molar-refractivity contribution in [2.75, 3.05) is 19.8 Å². The number of aliphatic hydroxyl groups is 1. The van der Waals surface area contributed by atoms with Gasteiger partial charge in [-0.15, -0.1) is 0 Å². The third-order valence-corrected chi connectivity index (χ3v) is 5.68. The SMILES string of the molecule is C=CCOc1ccc(C2c3c(-c4cc(C)cc(C)c4O)n[nH]c3C(=O)N2CCCO)cc1. The lowest BCUT2D eigenvalue weighted by Gasteiger charge is -2.26. The Morgan fingerprint density at radius 1 is 1.25 bits per heavy atom. The van der Waals surface area contributed by atoms with E-state index in [1.807, 2.05) is 50.2 Å². The molecule has 1 amide bonds. The van der Waals surface area contributed by atoms with E-state index in [1.165, 1.54) is 0 Å². The lowest BCUT2D eigenvalue weighted by atomic mass is 9.94. The molecule has 0 saturated heterocycles. The molecule has 1 aliphatic rings. The fourth-order valence-corrected chi connectivity index (χ4v) is 4.26. The second-order valence-corrected chi connectivity index (χ2v) is 7.99. The number of H-pyrrole nitrogens is 1. The number of hydrogen-bond donors (Lipinski definition) is 3. The van der Waals surface area contributed by atoms with Crippen LogP contribution in [0.25, 0.3) is 11.3 Å². The molecule has 1 atom stereocenters. The molecule has 166 valence electrons. The maximum absolute atomic E-state index is 13.2. The second-order valence-electron chi connectivity index (χ2n) is 7.99. The number of phenols is 1. The molecule has 0 bridgehead atoms. The Kier molecular flexibility index (Phi) is 6.01. The van der Waals surface area contributed by atoms with Crippen molar-refractivity contribution in [3.05, 3.63) is 77.0 Å². The van der Waals surface area contributed by atoms with Crippen LogP contribution in [-0.2, 0) is 0 Å². The number of carbonyl (C=O) groups excluding carboxylic acids is 1. The van der Waals surface area contributed by atoms with Gasteiger partial charge in [0.15, 0.2) is 0 Å². The predicted molar refractivity (Wildman–Crippen MR) is 122 cm³/mol. The van der Waals surface area contributed by atoms with Gasteiger partial charge < -0.3 is 19.8 Å². The smallest absolute Gasteiger partial charge is 0.273 e. The molecule has 32 heavy (non-hydrogen) atoms. The van der Waals surface area contributed by atoms with Gasteiger partial charge in [0.2, 0.25) is 0 Å². The molecule has 2 heterocycles. The molecule has 7 nitrogen and oxygen atoms in total. The highest BCUT2D eigenvalue weighted by molar-refractivity contribution is 6.00. The number of rotatable bonds is 8. The van der Waals surface area contributed by atoms with E-state index in [0.29, 0.717) is 42.3 Å². The Morgan fingerprint density at radius 2 is 2.00 bits per heavy atom. The summed E-state index contributed by atoms with van der Waals surface area (Å²) in [6.45, 7) is 8.26. The van der Waals surface area contributed by atoms with E-state index in [2.05, 4.69) is 16.8 Å². The summed E-state index contributed by atoms with van der Waals surface area (Å²) in [4.78, 5) is 15.0. The minimum absolute atomic E-state index is 0.0122. The molecule has 3 N–H and O–H groups in total. The van der Waals surface area contributed by atoms with Crippen LogP contribution >= 0.6 is 0 Å². The van der Waals surface area contributed by atoms with Crippen LogP contribution in [0.3, 0.4) is 0 Å². The zero-order valence-electron chi connectivity index (χ0n) is 18.3. The molecule has 7 heteroatoms. The molecule has 0 spiro atoms. The number of nitrogens with zero attached hydrogens (tertiary/aromatic N) is 2. The van der Waals surface area contributed by atoms with E-state index in [-0.39, 0.29) is 18.3 Å². The fraction of sp³-hybridized carbons (Fsp3) is 0.280. The molecule has 0 fully saturated rings. The molecular formula is C25H27N3O4. The van der Waals surface area contributed by atoms with Crippen LogP contribution in [0.4, 0.5) is 0 Å². The van der Waals surface area contributed by atoms with Crippen LogP contribution in [0.2, 0.25) is 0 Å². The second kappa shape index (κ2) is 8.88. The van der Waals surface area contributed by atoms with Crippen LogP contribution in [0.15, 0.2) is 49.1 Å². The Bertz CT molecular complexity index is 1150. The number of hydrogen-bond acceptors (Lipinski definition) is 5. The van der Waals surface area contributed by atoms with Crippen molar-refractivity contribution in [2.24, 2.45) is 0 Å². The molecule has 4 rings (SSSR count). The molecule has 1 aromatic heterocycles. The molecule has 0 saturated carbocycles. The van der Waals surface area contributed by atoms with E-state index in [4.69, 9.17) is 4.74 Å². The maximum atomic E-state index is 13.2. The summed E-state index contributed by atoms with van der Waals surface area (Å²) in [6.07, 6.45) is 2.14. The quantitative estimate of drug-likeness (QED) is 0.468. The molecular weight excluding hydrogens is 406 g/mol. The Labute approximate surface area is 187 Å². The first-order valence-electron chi connectivity index (χ1n) is 10.6. The van der Waals surface area contributed by atoms with E-state index in [0.717, 1.165) is 22.3 Å². The van der Waals surface area contributed by atoms with Crippen LogP contribution < -0.4 is 4.74 Å². The van der Waals surface area contributed by atoms with E-state index < -0.39 is 6.04 Å². The molecule has 1 unspecified atom stereocenters. The number of benzene rings is 2. The van der Waals surface area contributed by atoms with Crippen molar-refractivity contribution in [1.29, 1.82) is 0 Å². The van der Waals surface area contributed by atoms with Gasteiger partial charge in [-0.3, -0.25) is 9.89 Å². The summed E-state index contributed by atoms with van der Waals surface area (Å²) in [7, 11) is 0. The number of ether oxygens (including phenoxy) is 1. The van der Waals surface area contributed by atoms with Crippen LogP contribution in [0, 0.1) is 13.8 Å². The first-order chi connectivity index (χ1) is 15.5. The number of nitrogens with one attached hydrogen (secondary N) is 1. The van der Waals surface area contributed by atoms with Gasteiger partial charge in [-0.05, 0) is 55.2 Å². The number of aliphatic hydroxyl groups excluding tert-OH is 1. The van der Waals surface area contributed by atoms with Crippen molar-refractivity contribution in [3.8, 4) is 22.8 Å².